The Morgan fingerprint density at radius 2 is 1.73 bits per heavy atom. The van der Waals surface area contributed by atoms with E-state index < -0.39 is 74.6 Å². The normalized spacial score (nSPS) is 21.4. The van der Waals surface area contributed by atoms with Gasteiger partial charge >= 0.3 is 6.18 Å². The summed E-state index contributed by atoms with van der Waals surface area (Å²) in [4.78, 5) is 3.06. The molecule has 0 bridgehead atoms. The van der Waals surface area contributed by atoms with Crippen LogP contribution in [0.5, 0.6) is 0 Å². The van der Waals surface area contributed by atoms with Crippen LogP contribution in [0.4, 0.5) is 35.1 Å². The van der Waals surface area contributed by atoms with Crippen molar-refractivity contribution in [2.45, 2.75) is 61.8 Å². The Kier molecular flexibility index (Phi) is 6.25. The third kappa shape index (κ3) is 4.80. The topological polar surface area (TPSA) is 64.0 Å². The molecule has 14 heteroatoms. The molecule has 2 aliphatic rings. The van der Waals surface area contributed by atoms with Gasteiger partial charge in [-0.25, -0.2) is 40.1 Å². The number of nitrogens with zero attached hydrogens (tertiary/aromatic N) is 2. The van der Waals surface area contributed by atoms with E-state index in [0.717, 1.165) is 12.3 Å². The molecule has 1 aromatic carbocycles. The lowest BCUT2D eigenvalue weighted by Gasteiger charge is -2.31. The van der Waals surface area contributed by atoms with Crippen molar-refractivity contribution in [3.63, 3.8) is 0 Å². The molecule has 0 radical (unpaired) electrons. The molecule has 2 heterocycles. The van der Waals surface area contributed by atoms with Gasteiger partial charge in [0, 0.05) is 39.8 Å². The fourth-order valence-corrected chi connectivity index (χ4v) is 6.11. The van der Waals surface area contributed by atoms with E-state index in [1.54, 1.807) is 0 Å². The van der Waals surface area contributed by atoms with Gasteiger partial charge in [0.25, 0.3) is 6.43 Å². The van der Waals surface area contributed by atoms with Gasteiger partial charge in [0.2, 0.25) is 10.0 Å². The maximum Gasteiger partial charge on any atom is 0.433 e. The van der Waals surface area contributed by atoms with Crippen molar-refractivity contribution in [2.24, 2.45) is 0 Å². The summed E-state index contributed by atoms with van der Waals surface area (Å²) in [5.74, 6) is -2.45. The fourth-order valence-electron chi connectivity index (χ4n) is 4.57. The van der Waals surface area contributed by atoms with E-state index in [9.17, 15) is 39.2 Å². The zero-order chi connectivity index (χ0) is 26.9. The van der Waals surface area contributed by atoms with E-state index in [4.69, 9.17) is 0 Å². The molecule has 37 heavy (non-hydrogen) atoms. The molecule has 2 aromatic heterocycles. The molecule has 1 N–H and O–H groups in total. The first kappa shape index (κ1) is 25.9. The van der Waals surface area contributed by atoms with E-state index in [1.807, 2.05) is 4.72 Å². The SMILES string of the molecule is O=S(=O)(NC(c1cn(C2CC(F)C2)c2cc(-c3cc(F)cnc3C(F)(F)F)c(F)cc12)C(F)F)C1CC1. The minimum absolute atomic E-state index is 0.0294. The van der Waals surface area contributed by atoms with Crippen LogP contribution in [-0.2, 0) is 16.2 Å². The van der Waals surface area contributed by atoms with Crippen LogP contribution in [0.1, 0.15) is 49.0 Å². The van der Waals surface area contributed by atoms with E-state index in [1.165, 1.54) is 4.57 Å². The highest BCUT2D eigenvalue weighted by atomic mass is 32.2. The number of fused-ring (bicyclic) bond motifs is 1. The summed E-state index contributed by atoms with van der Waals surface area (Å²) in [6, 6.07) is -0.573. The first-order valence-electron chi connectivity index (χ1n) is 11.3. The van der Waals surface area contributed by atoms with Gasteiger partial charge in [-0.05, 0) is 43.9 Å². The van der Waals surface area contributed by atoms with Crippen molar-refractivity contribution in [3.05, 3.63) is 53.5 Å². The van der Waals surface area contributed by atoms with Crippen LogP contribution >= 0.6 is 0 Å². The average Bonchev–Trinajstić information content (AvgIpc) is 3.58. The Balaban J connectivity index is 1.71. The van der Waals surface area contributed by atoms with Crippen molar-refractivity contribution in [1.82, 2.24) is 14.3 Å². The Morgan fingerprint density at radius 3 is 2.30 bits per heavy atom. The highest BCUT2D eigenvalue weighted by Crippen LogP contribution is 2.44. The lowest BCUT2D eigenvalue weighted by molar-refractivity contribution is -0.140. The van der Waals surface area contributed by atoms with E-state index in [2.05, 4.69) is 4.98 Å². The first-order chi connectivity index (χ1) is 17.3. The Bertz CT molecular complexity index is 1460. The zero-order valence-electron chi connectivity index (χ0n) is 18.7. The predicted molar refractivity (Wildman–Crippen MR) is 117 cm³/mol. The number of halogens is 8. The summed E-state index contributed by atoms with van der Waals surface area (Å²) in [7, 11) is -4.12. The quantitative estimate of drug-likeness (QED) is 0.362. The second-order valence-corrected chi connectivity index (χ2v) is 11.3. The van der Waals surface area contributed by atoms with Gasteiger partial charge < -0.3 is 4.57 Å². The number of benzene rings is 1. The number of rotatable bonds is 7. The van der Waals surface area contributed by atoms with Crippen LogP contribution in [0.25, 0.3) is 22.0 Å². The van der Waals surface area contributed by atoms with Crippen LogP contribution in [0, 0.1) is 11.6 Å². The number of aromatic nitrogens is 2. The summed E-state index contributed by atoms with van der Waals surface area (Å²) in [6.45, 7) is 0. The largest absolute Gasteiger partial charge is 0.433 e. The van der Waals surface area contributed by atoms with E-state index >= 15 is 4.39 Å². The maximum atomic E-state index is 15.3. The van der Waals surface area contributed by atoms with Gasteiger partial charge in [0.15, 0.2) is 5.69 Å². The number of hydrogen-bond acceptors (Lipinski definition) is 3. The summed E-state index contributed by atoms with van der Waals surface area (Å²) in [5.41, 5.74) is -3.49. The average molecular weight is 553 g/mol. The van der Waals surface area contributed by atoms with Crippen molar-refractivity contribution >= 4 is 20.9 Å². The van der Waals surface area contributed by atoms with Crippen LogP contribution in [0.15, 0.2) is 30.6 Å². The number of hydrogen-bond donors (Lipinski definition) is 1. The summed E-state index contributed by atoms with van der Waals surface area (Å²) in [5, 5.41) is -1.02. The van der Waals surface area contributed by atoms with Crippen molar-refractivity contribution in [1.29, 1.82) is 0 Å². The van der Waals surface area contributed by atoms with Crippen LogP contribution in [0.3, 0.4) is 0 Å². The second kappa shape index (κ2) is 8.93. The number of pyridine rings is 1. The molecule has 0 aliphatic heterocycles. The number of alkyl halides is 6. The molecule has 3 aromatic rings. The molecule has 2 saturated carbocycles. The second-order valence-electron chi connectivity index (χ2n) is 9.29. The van der Waals surface area contributed by atoms with Gasteiger partial charge in [-0.3, -0.25) is 0 Å². The lowest BCUT2D eigenvalue weighted by Crippen LogP contribution is -2.35. The molecular weight excluding hydrogens is 534 g/mol. The third-order valence-electron chi connectivity index (χ3n) is 6.66. The molecule has 5 nitrogen and oxygen atoms in total. The van der Waals surface area contributed by atoms with Gasteiger partial charge in [0.05, 0.1) is 11.4 Å². The van der Waals surface area contributed by atoms with Gasteiger partial charge in [-0.2, -0.15) is 13.2 Å². The van der Waals surface area contributed by atoms with E-state index in [0.29, 0.717) is 31.2 Å². The third-order valence-corrected chi connectivity index (χ3v) is 8.59. The Hall–Kier alpha value is -2.74. The molecular formula is C23H19F8N3O2S. The summed E-state index contributed by atoms with van der Waals surface area (Å²) >= 11 is 0. The minimum atomic E-state index is -5.06. The van der Waals surface area contributed by atoms with Crippen molar-refractivity contribution in [3.8, 4) is 11.1 Å². The molecule has 0 spiro atoms. The minimum Gasteiger partial charge on any atom is -0.344 e. The van der Waals surface area contributed by atoms with Crippen LogP contribution < -0.4 is 4.72 Å². The van der Waals surface area contributed by atoms with Crippen LogP contribution in [0.2, 0.25) is 0 Å². The molecule has 1 atom stereocenters. The molecule has 200 valence electrons. The molecule has 0 amide bonds. The fraction of sp³-hybridized carbons (Fsp3) is 0.435. The first-order valence-corrected chi connectivity index (χ1v) is 12.8. The molecule has 2 aliphatic carbocycles. The van der Waals surface area contributed by atoms with Crippen molar-refractivity contribution in [2.75, 3.05) is 0 Å². The number of nitrogens with one attached hydrogen (secondary N) is 1. The van der Waals surface area contributed by atoms with E-state index in [-0.39, 0.29) is 29.3 Å². The molecule has 0 saturated heterocycles. The Morgan fingerprint density at radius 1 is 1.05 bits per heavy atom. The summed E-state index contributed by atoms with van der Waals surface area (Å²) in [6.07, 6.45) is -7.50. The highest BCUT2D eigenvalue weighted by Gasteiger charge is 2.41. The number of sulfonamides is 1. The Labute approximate surface area is 205 Å². The summed E-state index contributed by atoms with van der Waals surface area (Å²) < 4.78 is 140. The highest BCUT2D eigenvalue weighted by molar-refractivity contribution is 7.90. The molecule has 1 unspecified atom stereocenters. The van der Waals surface area contributed by atoms with Crippen LogP contribution in [-0.4, -0.2) is 35.8 Å². The smallest absolute Gasteiger partial charge is 0.344 e. The zero-order valence-corrected chi connectivity index (χ0v) is 19.6. The van der Waals surface area contributed by atoms with Gasteiger partial charge in [-0.1, -0.05) is 0 Å². The standard InChI is InChI=1S/C23H19F8N3O2S/c24-10-3-12(4-10)34-9-17(20(22(27)28)33-37(35,36)13-1-2-13)15-6-18(26)14(7-19(15)34)16-5-11(25)8-32-21(16)23(29,30)31/h5-10,12-13,20,22,33H,1-4H2. The predicted octanol–water partition coefficient (Wildman–Crippen LogP) is 6.06. The van der Waals surface area contributed by atoms with Gasteiger partial charge in [0.1, 0.15) is 23.8 Å². The monoisotopic (exact) mass is 553 g/mol. The van der Waals surface area contributed by atoms with Crippen molar-refractivity contribution < 1.29 is 43.5 Å². The lowest BCUT2D eigenvalue weighted by atomic mass is 9.90. The maximum absolute atomic E-state index is 15.3. The molecule has 2 fully saturated rings. The van der Waals surface area contributed by atoms with Gasteiger partial charge in [-0.15, -0.1) is 0 Å². The molecule has 5 rings (SSSR count).